The van der Waals surface area contributed by atoms with Gasteiger partial charge in [0, 0.05) is 15.7 Å². The van der Waals surface area contributed by atoms with E-state index in [2.05, 4.69) is 15.3 Å². The van der Waals surface area contributed by atoms with Crippen molar-refractivity contribution >= 4 is 40.4 Å². The van der Waals surface area contributed by atoms with Gasteiger partial charge in [-0.1, -0.05) is 40.9 Å². The number of anilines is 3. The first-order valence-electron chi connectivity index (χ1n) is 7.09. The fourth-order valence-electron chi connectivity index (χ4n) is 2.04. The number of aromatic nitrogens is 2. The van der Waals surface area contributed by atoms with Crippen LogP contribution in [0.25, 0.3) is 0 Å². The number of nitrogens with zero attached hydrogens (tertiary/aromatic N) is 2. The van der Waals surface area contributed by atoms with Crippen LogP contribution in [0.5, 0.6) is 11.6 Å². The van der Waals surface area contributed by atoms with Crippen molar-refractivity contribution in [1.82, 2.24) is 9.97 Å². The predicted octanol–water partition coefficient (Wildman–Crippen LogP) is 5.21. The van der Waals surface area contributed by atoms with Crippen molar-refractivity contribution < 1.29 is 4.74 Å². The summed E-state index contributed by atoms with van der Waals surface area (Å²) in [5.41, 5.74) is 8.20. The van der Waals surface area contributed by atoms with Gasteiger partial charge in [-0.05, 0) is 37.3 Å². The highest BCUT2D eigenvalue weighted by molar-refractivity contribution is 6.35. The number of nitrogens with two attached hydrogens (primary N) is 1. The molecule has 0 aliphatic carbocycles. The molecule has 3 N–H and O–H groups in total. The zero-order chi connectivity index (χ0) is 17.1. The number of halogens is 2. The molecule has 0 saturated heterocycles. The average molecular weight is 361 g/mol. The number of hydrogen-bond acceptors (Lipinski definition) is 5. The Morgan fingerprint density at radius 3 is 2.33 bits per heavy atom. The molecule has 0 amide bonds. The maximum absolute atomic E-state index is 6.11. The largest absolute Gasteiger partial charge is 0.437 e. The van der Waals surface area contributed by atoms with Crippen molar-refractivity contribution in [1.29, 1.82) is 0 Å². The van der Waals surface area contributed by atoms with E-state index in [4.69, 9.17) is 33.7 Å². The smallest absolute Gasteiger partial charge is 0.248 e. The molecule has 0 bridgehead atoms. The molecular weight excluding hydrogens is 347 g/mol. The van der Waals surface area contributed by atoms with Gasteiger partial charge in [0.05, 0.1) is 0 Å². The van der Waals surface area contributed by atoms with Crippen LogP contribution in [0.3, 0.4) is 0 Å². The van der Waals surface area contributed by atoms with Crippen molar-refractivity contribution in [3.63, 3.8) is 0 Å². The van der Waals surface area contributed by atoms with Crippen molar-refractivity contribution in [3.05, 3.63) is 64.4 Å². The number of rotatable bonds is 4. The van der Waals surface area contributed by atoms with Crippen LogP contribution in [-0.4, -0.2) is 9.97 Å². The number of aryl methyl sites for hydroxylation is 1. The van der Waals surface area contributed by atoms with Gasteiger partial charge in [0.25, 0.3) is 0 Å². The van der Waals surface area contributed by atoms with Crippen molar-refractivity contribution in [2.24, 2.45) is 0 Å². The van der Waals surface area contributed by atoms with Gasteiger partial charge in [0.1, 0.15) is 17.8 Å². The first kappa shape index (κ1) is 16.4. The highest BCUT2D eigenvalue weighted by Crippen LogP contribution is 2.32. The van der Waals surface area contributed by atoms with Crippen LogP contribution in [0.15, 0.2) is 48.8 Å². The maximum Gasteiger partial charge on any atom is 0.248 e. The van der Waals surface area contributed by atoms with Crippen LogP contribution >= 0.6 is 23.2 Å². The lowest BCUT2D eigenvalue weighted by Gasteiger charge is -2.12. The number of ether oxygens (including phenoxy) is 1. The lowest BCUT2D eigenvalue weighted by Crippen LogP contribution is -2.03. The zero-order valence-corrected chi connectivity index (χ0v) is 14.3. The fourth-order valence-corrected chi connectivity index (χ4v) is 2.57. The Morgan fingerprint density at radius 2 is 1.67 bits per heavy atom. The second kappa shape index (κ2) is 6.95. The third-order valence-corrected chi connectivity index (χ3v) is 3.64. The highest BCUT2D eigenvalue weighted by atomic mass is 35.5. The van der Waals surface area contributed by atoms with Gasteiger partial charge in [0.2, 0.25) is 5.88 Å². The summed E-state index contributed by atoms with van der Waals surface area (Å²) in [5.74, 6) is 1.32. The zero-order valence-electron chi connectivity index (χ0n) is 12.8. The molecule has 0 spiro atoms. The molecule has 7 heteroatoms. The van der Waals surface area contributed by atoms with E-state index in [9.17, 15) is 0 Å². The Hall–Kier alpha value is -2.50. The number of nitrogens with one attached hydrogen (secondary N) is 1. The molecular formula is C17H14Cl2N4O. The van der Waals surface area contributed by atoms with Gasteiger partial charge in [0.15, 0.2) is 5.82 Å². The van der Waals surface area contributed by atoms with Crippen LogP contribution in [0.1, 0.15) is 5.56 Å². The lowest BCUT2D eigenvalue weighted by atomic mass is 10.2. The van der Waals surface area contributed by atoms with E-state index < -0.39 is 0 Å². The van der Waals surface area contributed by atoms with E-state index in [0.717, 1.165) is 5.56 Å². The average Bonchev–Trinajstić information content (AvgIpc) is 2.52. The second-order valence-corrected chi connectivity index (χ2v) is 6.01. The quantitative estimate of drug-likeness (QED) is 0.667. The molecule has 1 aromatic heterocycles. The van der Waals surface area contributed by atoms with Crippen molar-refractivity contribution in [2.75, 3.05) is 11.1 Å². The number of hydrogen-bond donors (Lipinski definition) is 2. The Bertz CT molecular complexity index is 849. The molecule has 0 unspecified atom stereocenters. The Labute approximate surface area is 149 Å². The second-order valence-electron chi connectivity index (χ2n) is 5.14. The molecule has 122 valence electrons. The first-order chi connectivity index (χ1) is 11.5. The number of nitrogen functional groups attached to an aromatic ring is 1. The first-order valence-corrected chi connectivity index (χ1v) is 7.85. The normalized spacial score (nSPS) is 10.5. The Kier molecular flexibility index (Phi) is 4.74. The predicted molar refractivity (Wildman–Crippen MR) is 97.4 cm³/mol. The Morgan fingerprint density at radius 1 is 1.00 bits per heavy atom. The van der Waals surface area contributed by atoms with Crippen LogP contribution in [0.4, 0.5) is 17.2 Å². The highest BCUT2D eigenvalue weighted by Gasteiger charge is 2.11. The molecule has 0 radical (unpaired) electrons. The van der Waals surface area contributed by atoms with E-state index in [1.807, 2.05) is 31.2 Å². The maximum atomic E-state index is 6.11. The molecule has 1 heterocycles. The molecule has 0 fully saturated rings. The SMILES string of the molecule is Cc1ccc(Oc2ncnc(Nc3cc(Cl)cc(Cl)c3)c2N)cc1. The van der Waals surface area contributed by atoms with Gasteiger partial charge in [-0.15, -0.1) is 0 Å². The minimum absolute atomic E-state index is 0.268. The molecule has 24 heavy (non-hydrogen) atoms. The topological polar surface area (TPSA) is 73.1 Å². The summed E-state index contributed by atoms with van der Waals surface area (Å²) < 4.78 is 5.72. The fraction of sp³-hybridized carbons (Fsp3) is 0.0588. The van der Waals surface area contributed by atoms with Gasteiger partial charge >= 0.3 is 0 Å². The van der Waals surface area contributed by atoms with Crippen LogP contribution in [0, 0.1) is 6.92 Å². The molecule has 0 aliphatic heterocycles. The molecule has 2 aromatic carbocycles. The number of benzene rings is 2. The minimum atomic E-state index is 0.268. The van der Waals surface area contributed by atoms with Gasteiger partial charge in [-0.25, -0.2) is 4.98 Å². The summed E-state index contributed by atoms with van der Waals surface area (Å²) in [7, 11) is 0. The Balaban J connectivity index is 1.86. The monoisotopic (exact) mass is 360 g/mol. The molecule has 0 atom stereocenters. The molecule has 5 nitrogen and oxygen atoms in total. The summed E-state index contributed by atoms with van der Waals surface area (Å²) in [5, 5.41) is 4.08. The van der Waals surface area contributed by atoms with Crippen molar-refractivity contribution in [3.8, 4) is 11.6 Å². The third kappa shape index (κ3) is 3.88. The summed E-state index contributed by atoms with van der Waals surface area (Å²) in [4.78, 5) is 8.22. The standard InChI is InChI=1S/C17H14Cl2N4O/c1-10-2-4-14(5-3-10)24-17-15(20)16(21-9-22-17)23-13-7-11(18)6-12(19)8-13/h2-9H,20H2,1H3,(H,21,22,23). The minimum Gasteiger partial charge on any atom is -0.437 e. The van der Waals surface area contributed by atoms with E-state index in [0.29, 0.717) is 27.3 Å². The third-order valence-electron chi connectivity index (χ3n) is 3.21. The van der Waals surface area contributed by atoms with E-state index >= 15 is 0 Å². The van der Waals surface area contributed by atoms with Gasteiger partial charge in [-0.3, -0.25) is 0 Å². The summed E-state index contributed by atoms with van der Waals surface area (Å²) in [6.45, 7) is 2.00. The molecule has 0 aliphatic rings. The lowest BCUT2D eigenvalue weighted by molar-refractivity contribution is 0.464. The summed E-state index contributed by atoms with van der Waals surface area (Å²) in [6.07, 6.45) is 1.37. The van der Waals surface area contributed by atoms with Crippen LogP contribution in [0.2, 0.25) is 10.0 Å². The van der Waals surface area contributed by atoms with Crippen LogP contribution in [-0.2, 0) is 0 Å². The van der Waals surface area contributed by atoms with E-state index in [-0.39, 0.29) is 11.6 Å². The molecule has 3 rings (SSSR count). The van der Waals surface area contributed by atoms with Gasteiger partial charge in [-0.2, -0.15) is 4.98 Å². The summed E-state index contributed by atoms with van der Waals surface area (Å²) >= 11 is 12.0. The van der Waals surface area contributed by atoms with E-state index in [1.165, 1.54) is 6.33 Å². The molecule has 3 aromatic rings. The summed E-state index contributed by atoms with van der Waals surface area (Å²) in [6, 6.07) is 12.7. The van der Waals surface area contributed by atoms with Crippen LogP contribution < -0.4 is 15.8 Å². The van der Waals surface area contributed by atoms with Gasteiger partial charge < -0.3 is 15.8 Å². The van der Waals surface area contributed by atoms with E-state index in [1.54, 1.807) is 18.2 Å². The molecule has 0 saturated carbocycles. The van der Waals surface area contributed by atoms with Crippen molar-refractivity contribution in [2.45, 2.75) is 6.92 Å².